The molecule has 0 fully saturated rings. The second-order valence-electron chi connectivity index (χ2n) is 6.36. The van der Waals surface area contributed by atoms with Gasteiger partial charge >= 0.3 is 0 Å². The van der Waals surface area contributed by atoms with E-state index in [0.29, 0.717) is 17.4 Å². The van der Waals surface area contributed by atoms with Crippen LogP contribution in [0.2, 0.25) is 0 Å². The molecule has 4 aromatic rings. The second-order valence-corrected chi connectivity index (χ2v) is 6.36. The number of amides is 1. The summed E-state index contributed by atoms with van der Waals surface area (Å²) in [7, 11) is 0. The standard InChI is InChI=1S/C20H18N6O2/c1-13-6-3-4-9-17(13)18-24-20(28-25-18)15-7-5-8-16(10-15)23-19(27)14(2)26-12-21-11-22-26/h3-12,14H,1-2H3,(H,23,27). The third-order valence-corrected chi connectivity index (χ3v) is 4.40. The van der Waals surface area contributed by atoms with Crippen molar-refractivity contribution >= 4 is 11.6 Å². The van der Waals surface area contributed by atoms with Gasteiger partial charge in [0.15, 0.2) is 0 Å². The molecule has 2 aromatic carbocycles. The van der Waals surface area contributed by atoms with Crippen LogP contribution in [-0.4, -0.2) is 30.8 Å². The zero-order chi connectivity index (χ0) is 19.5. The number of benzene rings is 2. The Morgan fingerprint density at radius 1 is 1.18 bits per heavy atom. The summed E-state index contributed by atoms with van der Waals surface area (Å²) in [6, 6.07) is 14.6. The summed E-state index contributed by atoms with van der Waals surface area (Å²) in [5.41, 5.74) is 3.34. The molecular weight excluding hydrogens is 356 g/mol. The molecule has 1 atom stereocenters. The molecule has 0 radical (unpaired) electrons. The van der Waals surface area contributed by atoms with E-state index >= 15 is 0 Å². The minimum atomic E-state index is -0.484. The summed E-state index contributed by atoms with van der Waals surface area (Å²) in [5, 5.41) is 10.9. The summed E-state index contributed by atoms with van der Waals surface area (Å²) in [5.74, 6) is 0.717. The second kappa shape index (κ2) is 7.43. The van der Waals surface area contributed by atoms with Gasteiger partial charge in [-0.05, 0) is 37.6 Å². The zero-order valence-corrected chi connectivity index (χ0v) is 15.4. The molecule has 28 heavy (non-hydrogen) atoms. The van der Waals surface area contributed by atoms with E-state index in [1.807, 2.05) is 43.3 Å². The molecule has 8 heteroatoms. The molecule has 0 aliphatic rings. The number of aromatic nitrogens is 5. The van der Waals surface area contributed by atoms with Gasteiger partial charge < -0.3 is 9.84 Å². The zero-order valence-electron chi connectivity index (χ0n) is 15.4. The fourth-order valence-electron chi connectivity index (χ4n) is 2.79. The summed E-state index contributed by atoms with van der Waals surface area (Å²) < 4.78 is 6.92. The van der Waals surface area contributed by atoms with Gasteiger partial charge in [0.25, 0.3) is 5.89 Å². The molecule has 0 saturated carbocycles. The highest BCUT2D eigenvalue weighted by Gasteiger charge is 2.17. The topological polar surface area (TPSA) is 98.7 Å². The van der Waals surface area contributed by atoms with Crippen LogP contribution in [-0.2, 0) is 4.79 Å². The summed E-state index contributed by atoms with van der Waals surface area (Å²) in [6.45, 7) is 3.75. The number of carbonyl (C=O) groups is 1. The van der Waals surface area contributed by atoms with Crippen LogP contribution in [0, 0.1) is 6.92 Å². The van der Waals surface area contributed by atoms with Crippen LogP contribution in [0.5, 0.6) is 0 Å². The van der Waals surface area contributed by atoms with Gasteiger partial charge in [0, 0.05) is 16.8 Å². The van der Waals surface area contributed by atoms with Crippen molar-refractivity contribution in [3.63, 3.8) is 0 Å². The van der Waals surface area contributed by atoms with Crippen molar-refractivity contribution in [2.75, 3.05) is 5.32 Å². The SMILES string of the molecule is Cc1ccccc1-c1noc(-c2cccc(NC(=O)C(C)n3cncn3)c2)n1. The van der Waals surface area contributed by atoms with Gasteiger partial charge in [-0.3, -0.25) is 4.79 Å². The molecule has 0 aliphatic heterocycles. The number of aryl methyl sites for hydroxylation is 1. The third-order valence-electron chi connectivity index (χ3n) is 4.40. The molecule has 1 unspecified atom stereocenters. The van der Waals surface area contributed by atoms with Crippen molar-refractivity contribution in [2.45, 2.75) is 19.9 Å². The van der Waals surface area contributed by atoms with E-state index in [1.165, 1.54) is 17.3 Å². The van der Waals surface area contributed by atoms with Crippen molar-refractivity contribution in [1.82, 2.24) is 24.9 Å². The van der Waals surface area contributed by atoms with Crippen molar-refractivity contribution < 1.29 is 9.32 Å². The van der Waals surface area contributed by atoms with E-state index in [9.17, 15) is 4.79 Å². The first-order chi connectivity index (χ1) is 13.6. The Kier molecular flexibility index (Phi) is 4.67. The van der Waals surface area contributed by atoms with E-state index in [-0.39, 0.29) is 5.91 Å². The molecule has 1 amide bonds. The Morgan fingerprint density at radius 2 is 2.04 bits per heavy atom. The highest BCUT2D eigenvalue weighted by atomic mass is 16.5. The number of nitrogens with one attached hydrogen (secondary N) is 1. The molecule has 8 nitrogen and oxygen atoms in total. The quantitative estimate of drug-likeness (QED) is 0.574. The minimum Gasteiger partial charge on any atom is -0.334 e. The maximum Gasteiger partial charge on any atom is 0.258 e. The van der Waals surface area contributed by atoms with Gasteiger partial charge in [0.1, 0.15) is 18.7 Å². The molecule has 0 saturated heterocycles. The van der Waals surface area contributed by atoms with Gasteiger partial charge in [0.05, 0.1) is 0 Å². The molecule has 0 aliphatic carbocycles. The highest BCUT2D eigenvalue weighted by molar-refractivity contribution is 5.93. The smallest absolute Gasteiger partial charge is 0.258 e. The summed E-state index contributed by atoms with van der Waals surface area (Å²) >= 11 is 0. The van der Waals surface area contributed by atoms with Crippen molar-refractivity contribution in [3.05, 3.63) is 66.7 Å². The number of anilines is 1. The molecule has 4 rings (SSSR count). The number of nitrogens with zero attached hydrogens (tertiary/aromatic N) is 5. The molecular formula is C20H18N6O2. The van der Waals surface area contributed by atoms with Crippen LogP contribution in [0.4, 0.5) is 5.69 Å². The molecule has 0 bridgehead atoms. The number of hydrogen-bond donors (Lipinski definition) is 1. The largest absolute Gasteiger partial charge is 0.334 e. The molecule has 2 heterocycles. The normalized spacial score (nSPS) is 11.9. The molecule has 0 spiro atoms. The maximum atomic E-state index is 12.4. The number of hydrogen-bond acceptors (Lipinski definition) is 6. The lowest BCUT2D eigenvalue weighted by atomic mass is 10.1. The van der Waals surface area contributed by atoms with E-state index in [1.54, 1.807) is 19.1 Å². The Bertz CT molecular complexity index is 1100. The first-order valence-electron chi connectivity index (χ1n) is 8.77. The predicted octanol–water partition coefficient (Wildman–Crippen LogP) is 3.50. The fraction of sp³-hybridized carbons (Fsp3) is 0.150. The molecule has 2 aromatic heterocycles. The van der Waals surface area contributed by atoms with Crippen LogP contribution in [0.3, 0.4) is 0 Å². The first kappa shape index (κ1) is 17.6. The Labute approximate surface area is 161 Å². The molecule has 1 N–H and O–H groups in total. The maximum absolute atomic E-state index is 12.4. The number of carbonyl (C=O) groups excluding carboxylic acids is 1. The lowest BCUT2D eigenvalue weighted by Gasteiger charge is -2.12. The fourth-order valence-corrected chi connectivity index (χ4v) is 2.79. The first-order valence-corrected chi connectivity index (χ1v) is 8.77. The van der Waals surface area contributed by atoms with E-state index in [4.69, 9.17) is 4.52 Å². The molecule has 140 valence electrons. The van der Waals surface area contributed by atoms with Crippen LogP contribution >= 0.6 is 0 Å². The Hall–Kier alpha value is -3.81. The summed E-state index contributed by atoms with van der Waals surface area (Å²) in [6.07, 6.45) is 2.90. The van der Waals surface area contributed by atoms with Gasteiger partial charge in [-0.1, -0.05) is 35.5 Å². The average Bonchev–Trinajstić information content (AvgIpc) is 3.40. The van der Waals surface area contributed by atoms with E-state index < -0.39 is 6.04 Å². The highest BCUT2D eigenvalue weighted by Crippen LogP contribution is 2.26. The van der Waals surface area contributed by atoms with Crippen molar-refractivity contribution in [2.24, 2.45) is 0 Å². The van der Waals surface area contributed by atoms with Gasteiger partial charge in [-0.25, -0.2) is 9.67 Å². The van der Waals surface area contributed by atoms with Crippen LogP contribution in [0.15, 0.2) is 65.7 Å². The van der Waals surface area contributed by atoms with Crippen LogP contribution in [0.25, 0.3) is 22.8 Å². The monoisotopic (exact) mass is 374 g/mol. The van der Waals surface area contributed by atoms with Gasteiger partial charge in [-0.15, -0.1) is 0 Å². The number of rotatable bonds is 5. The van der Waals surface area contributed by atoms with Crippen molar-refractivity contribution in [3.8, 4) is 22.8 Å². The Morgan fingerprint density at radius 3 is 2.82 bits per heavy atom. The van der Waals surface area contributed by atoms with Crippen LogP contribution < -0.4 is 5.32 Å². The average molecular weight is 374 g/mol. The summed E-state index contributed by atoms with van der Waals surface area (Å²) in [4.78, 5) is 20.8. The van der Waals surface area contributed by atoms with Gasteiger partial charge in [0.2, 0.25) is 11.7 Å². The van der Waals surface area contributed by atoms with E-state index in [0.717, 1.165) is 16.7 Å². The van der Waals surface area contributed by atoms with E-state index in [2.05, 4.69) is 25.5 Å². The minimum absolute atomic E-state index is 0.200. The van der Waals surface area contributed by atoms with Gasteiger partial charge in [-0.2, -0.15) is 10.1 Å². The Balaban J connectivity index is 1.55. The lowest BCUT2D eigenvalue weighted by molar-refractivity contribution is -0.119. The van der Waals surface area contributed by atoms with Crippen molar-refractivity contribution in [1.29, 1.82) is 0 Å². The van der Waals surface area contributed by atoms with Crippen LogP contribution in [0.1, 0.15) is 18.5 Å². The third kappa shape index (κ3) is 3.52. The lowest BCUT2D eigenvalue weighted by Crippen LogP contribution is -2.24. The predicted molar refractivity (Wildman–Crippen MR) is 103 cm³/mol.